The van der Waals surface area contributed by atoms with Crippen LogP contribution >= 0.6 is 0 Å². The number of nitrogens with zero attached hydrogens (tertiary/aromatic N) is 2. The fourth-order valence-electron chi connectivity index (χ4n) is 2.71. The van der Waals surface area contributed by atoms with Gasteiger partial charge in [0.25, 0.3) is 0 Å². The summed E-state index contributed by atoms with van der Waals surface area (Å²) in [5.41, 5.74) is 10.3. The minimum atomic E-state index is -0.463. The summed E-state index contributed by atoms with van der Waals surface area (Å²) in [5, 5.41) is 7.57. The Hall–Kier alpha value is -2.14. The standard InChI is InChI=1S/C19H28N4O/c1-5-13(2)18(20)19(24)21-11-17-14(3)22-23(15(17)4)12-16-9-7-6-8-10-16/h6-10,13,18H,5,11-12,20H2,1-4H3,(H,21,24). The SMILES string of the molecule is CCC(C)C(N)C(=O)NCc1c(C)nn(Cc2ccccc2)c1C. The molecular weight excluding hydrogens is 300 g/mol. The average Bonchev–Trinajstić information content (AvgIpc) is 2.85. The van der Waals surface area contributed by atoms with Crippen molar-refractivity contribution in [2.24, 2.45) is 11.7 Å². The molecule has 5 heteroatoms. The van der Waals surface area contributed by atoms with E-state index >= 15 is 0 Å². The van der Waals surface area contributed by atoms with Crippen molar-refractivity contribution in [2.45, 2.75) is 53.2 Å². The van der Waals surface area contributed by atoms with Crippen molar-refractivity contribution in [3.05, 3.63) is 52.8 Å². The zero-order valence-electron chi connectivity index (χ0n) is 15.0. The summed E-state index contributed by atoms with van der Waals surface area (Å²) in [5.74, 6) is 0.0759. The smallest absolute Gasteiger partial charge is 0.237 e. The highest BCUT2D eigenvalue weighted by atomic mass is 16.2. The Labute approximate surface area is 144 Å². The van der Waals surface area contributed by atoms with Crippen LogP contribution < -0.4 is 11.1 Å². The van der Waals surface area contributed by atoms with Gasteiger partial charge in [0.2, 0.25) is 5.91 Å². The maximum Gasteiger partial charge on any atom is 0.237 e. The third-order valence-corrected chi connectivity index (χ3v) is 4.71. The van der Waals surface area contributed by atoms with E-state index in [9.17, 15) is 4.79 Å². The van der Waals surface area contributed by atoms with E-state index in [0.29, 0.717) is 6.54 Å². The van der Waals surface area contributed by atoms with E-state index in [-0.39, 0.29) is 11.8 Å². The maximum atomic E-state index is 12.2. The van der Waals surface area contributed by atoms with Gasteiger partial charge >= 0.3 is 0 Å². The molecule has 0 bridgehead atoms. The average molecular weight is 328 g/mol. The van der Waals surface area contributed by atoms with Crippen LogP contribution in [0.3, 0.4) is 0 Å². The number of nitrogens with two attached hydrogens (primary N) is 1. The Morgan fingerprint density at radius 2 is 1.96 bits per heavy atom. The Kier molecular flexibility index (Phi) is 6.15. The predicted molar refractivity (Wildman–Crippen MR) is 96.5 cm³/mol. The number of aryl methyl sites for hydroxylation is 1. The molecule has 1 amide bonds. The van der Waals surface area contributed by atoms with Gasteiger partial charge in [-0.1, -0.05) is 50.6 Å². The fraction of sp³-hybridized carbons (Fsp3) is 0.474. The largest absolute Gasteiger partial charge is 0.351 e. The minimum Gasteiger partial charge on any atom is -0.351 e. The van der Waals surface area contributed by atoms with Crippen molar-refractivity contribution in [1.29, 1.82) is 0 Å². The number of aromatic nitrogens is 2. The molecule has 0 radical (unpaired) electrons. The first-order valence-corrected chi connectivity index (χ1v) is 8.54. The molecule has 2 rings (SSSR count). The number of hydrogen-bond donors (Lipinski definition) is 2. The van der Waals surface area contributed by atoms with Gasteiger partial charge in [-0.25, -0.2) is 0 Å². The number of carbonyl (C=O) groups excluding carboxylic acids is 1. The number of hydrogen-bond acceptors (Lipinski definition) is 3. The number of rotatable bonds is 7. The van der Waals surface area contributed by atoms with Gasteiger partial charge in [0.05, 0.1) is 18.3 Å². The quantitative estimate of drug-likeness (QED) is 0.820. The molecule has 0 fully saturated rings. The molecule has 1 heterocycles. The molecule has 0 saturated heterocycles. The minimum absolute atomic E-state index is 0.0982. The third kappa shape index (κ3) is 4.23. The van der Waals surface area contributed by atoms with Gasteiger partial charge in [0.15, 0.2) is 0 Å². The molecule has 2 aromatic rings. The zero-order chi connectivity index (χ0) is 17.7. The Balaban J connectivity index is 2.05. The van der Waals surface area contributed by atoms with Crippen molar-refractivity contribution in [3.63, 3.8) is 0 Å². The van der Waals surface area contributed by atoms with Crippen LogP contribution in [0.5, 0.6) is 0 Å². The lowest BCUT2D eigenvalue weighted by atomic mass is 9.99. The van der Waals surface area contributed by atoms with Crippen LogP contribution in [0.4, 0.5) is 0 Å². The van der Waals surface area contributed by atoms with Crippen LogP contribution in [0.2, 0.25) is 0 Å². The highest BCUT2D eigenvalue weighted by molar-refractivity contribution is 5.81. The van der Waals surface area contributed by atoms with Gasteiger partial charge in [-0.15, -0.1) is 0 Å². The van der Waals surface area contributed by atoms with E-state index in [2.05, 4.69) is 22.5 Å². The molecule has 0 spiro atoms. The van der Waals surface area contributed by atoms with E-state index in [0.717, 1.165) is 29.9 Å². The molecule has 2 unspecified atom stereocenters. The molecule has 1 aromatic carbocycles. The van der Waals surface area contributed by atoms with Crippen LogP contribution in [0.25, 0.3) is 0 Å². The van der Waals surface area contributed by atoms with Crippen LogP contribution in [0.1, 0.15) is 42.8 Å². The second-order valence-corrected chi connectivity index (χ2v) is 6.42. The normalized spacial score (nSPS) is 13.5. The van der Waals surface area contributed by atoms with Gasteiger partial charge < -0.3 is 11.1 Å². The zero-order valence-corrected chi connectivity index (χ0v) is 15.0. The molecule has 130 valence electrons. The lowest BCUT2D eigenvalue weighted by Crippen LogP contribution is -2.44. The van der Waals surface area contributed by atoms with E-state index in [4.69, 9.17) is 5.73 Å². The Morgan fingerprint density at radius 1 is 1.29 bits per heavy atom. The summed E-state index contributed by atoms with van der Waals surface area (Å²) in [6.07, 6.45) is 0.891. The van der Waals surface area contributed by atoms with Crippen LogP contribution in [0, 0.1) is 19.8 Å². The highest BCUT2D eigenvalue weighted by Gasteiger charge is 2.20. The first kappa shape index (κ1) is 18.2. The van der Waals surface area contributed by atoms with Crippen LogP contribution in [-0.4, -0.2) is 21.7 Å². The monoisotopic (exact) mass is 328 g/mol. The summed E-state index contributed by atoms with van der Waals surface area (Å²) in [4.78, 5) is 12.2. The maximum absolute atomic E-state index is 12.2. The molecule has 24 heavy (non-hydrogen) atoms. The van der Waals surface area contributed by atoms with E-state index in [1.807, 2.05) is 50.6 Å². The lowest BCUT2D eigenvalue weighted by molar-refractivity contribution is -0.123. The van der Waals surface area contributed by atoms with Crippen LogP contribution in [-0.2, 0) is 17.9 Å². The van der Waals surface area contributed by atoms with Crippen molar-refractivity contribution in [2.75, 3.05) is 0 Å². The molecule has 0 aliphatic carbocycles. The molecule has 3 N–H and O–H groups in total. The van der Waals surface area contributed by atoms with Gasteiger partial charge in [-0.2, -0.15) is 5.10 Å². The number of benzene rings is 1. The summed E-state index contributed by atoms with van der Waals surface area (Å²) >= 11 is 0. The summed E-state index contributed by atoms with van der Waals surface area (Å²) in [7, 11) is 0. The number of amides is 1. The fourth-order valence-corrected chi connectivity index (χ4v) is 2.71. The second kappa shape index (κ2) is 8.11. The molecule has 0 aliphatic rings. The van der Waals surface area contributed by atoms with Gasteiger partial charge in [-0.3, -0.25) is 9.48 Å². The van der Waals surface area contributed by atoms with Crippen LogP contribution in [0.15, 0.2) is 30.3 Å². The topological polar surface area (TPSA) is 72.9 Å². The van der Waals surface area contributed by atoms with E-state index in [1.54, 1.807) is 0 Å². The Morgan fingerprint density at radius 3 is 2.58 bits per heavy atom. The molecule has 1 aromatic heterocycles. The van der Waals surface area contributed by atoms with Crippen molar-refractivity contribution < 1.29 is 4.79 Å². The first-order valence-electron chi connectivity index (χ1n) is 8.54. The second-order valence-electron chi connectivity index (χ2n) is 6.42. The third-order valence-electron chi connectivity index (χ3n) is 4.71. The lowest BCUT2D eigenvalue weighted by Gasteiger charge is -2.17. The van der Waals surface area contributed by atoms with Crippen molar-refractivity contribution >= 4 is 5.91 Å². The highest BCUT2D eigenvalue weighted by Crippen LogP contribution is 2.15. The molecule has 0 saturated carbocycles. The van der Waals surface area contributed by atoms with Gasteiger partial charge in [-0.05, 0) is 25.3 Å². The van der Waals surface area contributed by atoms with Crippen molar-refractivity contribution in [3.8, 4) is 0 Å². The number of carbonyl (C=O) groups is 1. The van der Waals surface area contributed by atoms with Gasteiger partial charge in [0, 0.05) is 17.8 Å². The Bertz CT molecular complexity index is 678. The summed E-state index contributed by atoms with van der Waals surface area (Å²) in [6.45, 7) is 9.26. The van der Waals surface area contributed by atoms with Gasteiger partial charge in [0.1, 0.15) is 0 Å². The van der Waals surface area contributed by atoms with Crippen molar-refractivity contribution in [1.82, 2.24) is 15.1 Å². The van der Waals surface area contributed by atoms with E-state index < -0.39 is 6.04 Å². The molecule has 2 atom stereocenters. The van der Waals surface area contributed by atoms with E-state index in [1.165, 1.54) is 5.56 Å². The summed E-state index contributed by atoms with van der Waals surface area (Å²) < 4.78 is 1.99. The number of nitrogens with one attached hydrogen (secondary N) is 1. The predicted octanol–water partition coefficient (Wildman–Crippen LogP) is 2.54. The molecule has 5 nitrogen and oxygen atoms in total. The first-order chi connectivity index (χ1) is 11.4. The summed E-state index contributed by atoms with van der Waals surface area (Å²) in [6, 6.07) is 9.77. The molecular formula is C19H28N4O. The molecule has 0 aliphatic heterocycles.